The van der Waals surface area contributed by atoms with Crippen LogP contribution in [0.2, 0.25) is 5.02 Å². The van der Waals surface area contributed by atoms with Crippen molar-refractivity contribution in [1.29, 1.82) is 0 Å². The molecular weight excluding hydrogens is 520 g/mol. The summed E-state index contributed by atoms with van der Waals surface area (Å²) in [5.74, 6) is -2.34. The van der Waals surface area contributed by atoms with Crippen LogP contribution in [0.15, 0.2) is 51.0 Å². The first-order valence-electron chi connectivity index (χ1n) is 10.3. The van der Waals surface area contributed by atoms with E-state index < -0.39 is 38.6 Å². The molecule has 0 atom stereocenters. The van der Waals surface area contributed by atoms with E-state index in [1.54, 1.807) is 0 Å². The summed E-state index contributed by atoms with van der Waals surface area (Å²) in [6.07, 6.45) is 2.20. The van der Waals surface area contributed by atoms with E-state index in [1.807, 2.05) is 0 Å². The zero-order valence-electron chi connectivity index (χ0n) is 18.8. The SMILES string of the molecule is CC(=O)n1c(=O)[nH]c2c(S(C)(=O)=O)cc(Cc3c[nH]c(=O)c(Cl)c3OCc3ccc(F)cc3F)cc21. The fourth-order valence-electron chi connectivity index (χ4n) is 3.76. The third-order valence-electron chi connectivity index (χ3n) is 5.38. The fourth-order valence-corrected chi connectivity index (χ4v) is 4.88. The lowest BCUT2D eigenvalue weighted by molar-refractivity contribution is 0.0937. The number of carbonyl (C=O) groups is 1. The van der Waals surface area contributed by atoms with E-state index in [-0.39, 0.29) is 45.3 Å². The Morgan fingerprint density at radius 2 is 1.86 bits per heavy atom. The van der Waals surface area contributed by atoms with Gasteiger partial charge in [0.05, 0.1) is 15.9 Å². The number of nitrogens with one attached hydrogen (secondary N) is 2. The average Bonchev–Trinajstić information content (AvgIpc) is 3.11. The van der Waals surface area contributed by atoms with Crippen LogP contribution in [-0.4, -0.2) is 35.1 Å². The van der Waals surface area contributed by atoms with Crippen molar-refractivity contribution >= 4 is 38.4 Å². The average molecular weight is 538 g/mol. The number of sulfone groups is 1. The quantitative estimate of drug-likeness (QED) is 0.388. The number of halogens is 3. The highest BCUT2D eigenvalue weighted by molar-refractivity contribution is 7.91. The van der Waals surface area contributed by atoms with Gasteiger partial charge in [-0.25, -0.2) is 26.6 Å². The molecule has 4 rings (SSSR count). The van der Waals surface area contributed by atoms with Gasteiger partial charge in [0.15, 0.2) is 9.84 Å². The Kier molecular flexibility index (Phi) is 6.58. The van der Waals surface area contributed by atoms with Gasteiger partial charge in [-0.1, -0.05) is 11.6 Å². The van der Waals surface area contributed by atoms with Crippen LogP contribution in [0.1, 0.15) is 28.4 Å². The lowest BCUT2D eigenvalue weighted by Crippen LogP contribution is -2.21. The molecule has 188 valence electrons. The van der Waals surface area contributed by atoms with Gasteiger partial charge < -0.3 is 14.7 Å². The number of pyridine rings is 1. The lowest BCUT2D eigenvalue weighted by atomic mass is 10.0. The van der Waals surface area contributed by atoms with Crippen molar-refractivity contribution in [2.75, 3.05) is 6.26 Å². The van der Waals surface area contributed by atoms with Gasteiger partial charge in [-0.15, -0.1) is 0 Å². The predicted octanol–water partition coefficient (Wildman–Crippen LogP) is 3.18. The van der Waals surface area contributed by atoms with E-state index in [1.165, 1.54) is 24.4 Å². The molecule has 4 aromatic rings. The molecule has 2 aromatic heterocycles. The van der Waals surface area contributed by atoms with Crippen LogP contribution < -0.4 is 16.0 Å². The molecule has 0 aliphatic heterocycles. The van der Waals surface area contributed by atoms with Crippen molar-refractivity contribution in [3.63, 3.8) is 0 Å². The Labute approximate surface area is 207 Å². The molecule has 0 spiro atoms. The molecule has 36 heavy (non-hydrogen) atoms. The molecule has 2 aromatic carbocycles. The zero-order chi connectivity index (χ0) is 26.4. The Morgan fingerprint density at radius 1 is 1.14 bits per heavy atom. The molecule has 13 heteroatoms. The molecule has 0 unspecified atom stereocenters. The van der Waals surface area contributed by atoms with Gasteiger partial charge in [-0.2, -0.15) is 0 Å². The van der Waals surface area contributed by atoms with Crippen LogP contribution >= 0.6 is 11.6 Å². The maximum atomic E-state index is 14.1. The number of aromatic amines is 2. The van der Waals surface area contributed by atoms with Gasteiger partial charge >= 0.3 is 5.69 Å². The Hall–Kier alpha value is -3.77. The van der Waals surface area contributed by atoms with E-state index in [2.05, 4.69) is 9.97 Å². The van der Waals surface area contributed by atoms with E-state index in [0.717, 1.165) is 23.8 Å². The van der Waals surface area contributed by atoms with Crippen molar-refractivity contribution in [2.24, 2.45) is 0 Å². The Balaban J connectivity index is 1.81. The number of hydrogen-bond acceptors (Lipinski definition) is 6. The van der Waals surface area contributed by atoms with E-state index in [9.17, 15) is 31.6 Å². The summed E-state index contributed by atoms with van der Waals surface area (Å²) in [4.78, 5) is 41.1. The standard InChI is InChI=1S/C23H18ClF2N3O6S/c1-11(30)29-17-6-12(7-18(36(2,33)34)20(17)28-23(29)32)5-14-9-27-22(31)19(24)21(14)35-10-13-3-4-15(25)8-16(13)26/h3-4,6-9H,5,10H2,1-2H3,(H,27,31)(H,28,32). The summed E-state index contributed by atoms with van der Waals surface area (Å²) in [6, 6.07) is 5.69. The van der Waals surface area contributed by atoms with Crippen LogP contribution in [0.5, 0.6) is 5.75 Å². The van der Waals surface area contributed by atoms with Crippen molar-refractivity contribution in [1.82, 2.24) is 14.5 Å². The van der Waals surface area contributed by atoms with E-state index in [4.69, 9.17) is 16.3 Å². The van der Waals surface area contributed by atoms with Crippen molar-refractivity contribution in [3.05, 3.63) is 90.7 Å². The second kappa shape index (κ2) is 9.36. The number of nitrogens with zero attached hydrogens (tertiary/aromatic N) is 1. The van der Waals surface area contributed by atoms with Crippen LogP contribution in [0.25, 0.3) is 11.0 Å². The molecule has 0 amide bonds. The van der Waals surface area contributed by atoms with Gasteiger partial charge in [0.1, 0.15) is 29.0 Å². The second-order valence-electron chi connectivity index (χ2n) is 8.03. The number of H-pyrrole nitrogens is 2. The highest BCUT2D eigenvalue weighted by atomic mass is 35.5. The van der Waals surface area contributed by atoms with Crippen LogP contribution in [-0.2, 0) is 22.9 Å². The predicted molar refractivity (Wildman–Crippen MR) is 128 cm³/mol. The highest BCUT2D eigenvalue weighted by Gasteiger charge is 2.22. The highest BCUT2D eigenvalue weighted by Crippen LogP contribution is 2.30. The number of ether oxygens (including phenoxy) is 1. The number of rotatable bonds is 6. The summed E-state index contributed by atoms with van der Waals surface area (Å²) in [5, 5.41) is -0.332. The van der Waals surface area contributed by atoms with Gasteiger partial charge in [-0.05, 0) is 29.8 Å². The number of fused-ring (bicyclic) bond motifs is 1. The Bertz CT molecular complexity index is 1760. The molecule has 0 aliphatic rings. The molecule has 0 fully saturated rings. The monoisotopic (exact) mass is 537 g/mol. The van der Waals surface area contributed by atoms with Crippen LogP contribution in [0.3, 0.4) is 0 Å². The number of carbonyl (C=O) groups excluding carboxylic acids is 1. The fraction of sp³-hybridized carbons (Fsp3) is 0.174. The molecular formula is C23H18ClF2N3O6S. The zero-order valence-corrected chi connectivity index (χ0v) is 20.4. The van der Waals surface area contributed by atoms with Gasteiger partial charge in [-0.3, -0.25) is 9.59 Å². The molecule has 0 saturated carbocycles. The summed E-state index contributed by atoms with van der Waals surface area (Å²) in [6.45, 7) is 0.779. The summed E-state index contributed by atoms with van der Waals surface area (Å²) >= 11 is 6.15. The summed E-state index contributed by atoms with van der Waals surface area (Å²) in [7, 11) is -3.84. The third-order valence-corrected chi connectivity index (χ3v) is 6.85. The Morgan fingerprint density at radius 3 is 2.50 bits per heavy atom. The maximum Gasteiger partial charge on any atom is 0.333 e. The molecule has 2 heterocycles. The molecule has 9 nitrogen and oxygen atoms in total. The number of hydrogen-bond donors (Lipinski definition) is 2. The van der Waals surface area contributed by atoms with Gasteiger partial charge in [0, 0.05) is 43.0 Å². The first-order chi connectivity index (χ1) is 16.9. The number of benzene rings is 2. The molecule has 0 aliphatic carbocycles. The van der Waals surface area contributed by atoms with Gasteiger partial charge in [0.2, 0.25) is 5.91 Å². The molecule has 2 N–H and O–H groups in total. The summed E-state index contributed by atoms with van der Waals surface area (Å²) < 4.78 is 58.6. The van der Waals surface area contributed by atoms with Gasteiger partial charge in [0.25, 0.3) is 5.56 Å². The minimum Gasteiger partial charge on any atom is -0.487 e. The maximum absolute atomic E-state index is 14.1. The second-order valence-corrected chi connectivity index (χ2v) is 10.4. The van der Waals surface area contributed by atoms with Crippen LogP contribution in [0.4, 0.5) is 8.78 Å². The van der Waals surface area contributed by atoms with Crippen molar-refractivity contribution in [3.8, 4) is 5.75 Å². The smallest absolute Gasteiger partial charge is 0.333 e. The largest absolute Gasteiger partial charge is 0.487 e. The minimum atomic E-state index is -3.84. The number of imidazole rings is 1. The van der Waals surface area contributed by atoms with Crippen molar-refractivity contribution in [2.45, 2.75) is 24.8 Å². The molecule has 0 saturated heterocycles. The minimum absolute atomic E-state index is 0.0114. The van der Waals surface area contributed by atoms with Crippen molar-refractivity contribution < 1.29 is 26.7 Å². The van der Waals surface area contributed by atoms with Crippen LogP contribution in [0, 0.1) is 11.6 Å². The number of aromatic nitrogens is 3. The lowest BCUT2D eigenvalue weighted by Gasteiger charge is -2.14. The topological polar surface area (TPSA) is 131 Å². The molecule has 0 radical (unpaired) electrons. The summed E-state index contributed by atoms with van der Waals surface area (Å²) in [5.41, 5.74) is -0.792. The first kappa shape index (κ1) is 25.3. The van der Waals surface area contributed by atoms with E-state index in [0.29, 0.717) is 17.2 Å². The first-order valence-corrected chi connectivity index (χ1v) is 12.6. The molecule has 0 bridgehead atoms. The third kappa shape index (κ3) is 4.82. The van der Waals surface area contributed by atoms with E-state index >= 15 is 0 Å². The normalized spacial score (nSPS) is 11.7.